The van der Waals surface area contributed by atoms with Crippen molar-refractivity contribution in [2.45, 2.75) is 0 Å². The maximum Gasteiger partial charge on any atom is 0.260 e. The maximum atomic E-state index is 12.0. The minimum atomic E-state index is -0.222. The molecule has 100 valence electrons. The summed E-state index contributed by atoms with van der Waals surface area (Å²) in [6.45, 7) is 0. The van der Waals surface area contributed by atoms with E-state index in [2.05, 4.69) is 31.2 Å². The first-order valence-electron chi connectivity index (χ1n) is 5.87. The van der Waals surface area contributed by atoms with Crippen molar-refractivity contribution in [3.8, 4) is 11.3 Å². The molecule has 0 saturated heterocycles. The molecule has 20 heavy (non-hydrogen) atoms. The fourth-order valence-electron chi connectivity index (χ4n) is 1.80. The number of rotatable bonds is 3. The second-order valence-electron chi connectivity index (χ2n) is 4.10. The van der Waals surface area contributed by atoms with E-state index >= 15 is 0 Å². The summed E-state index contributed by atoms with van der Waals surface area (Å²) in [6, 6.07) is 9.10. The Morgan fingerprint density at radius 1 is 1.25 bits per heavy atom. The first kappa shape index (κ1) is 12.7. The van der Waals surface area contributed by atoms with Crippen molar-refractivity contribution < 1.29 is 9.21 Å². The van der Waals surface area contributed by atoms with Crippen molar-refractivity contribution in [3.05, 3.63) is 59.4 Å². The number of furan rings is 1. The zero-order valence-electron chi connectivity index (χ0n) is 10.3. The molecule has 0 aliphatic rings. The summed E-state index contributed by atoms with van der Waals surface area (Å²) in [4.78, 5) is 19.0. The van der Waals surface area contributed by atoms with Crippen molar-refractivity contribution in [1.82, 2.24) is 9.97 Å². The number of imidazole rings is 1. The molecule has 1 aromatic carbocycles. The number of carbonyl (C=O) groups excluding carboxylic acids is 1. The third-order valence-electron chi connectivity index (χ3n) is 2.81. The standard InChI is InChI=1S/C14H10BrN3O2/c15-13-11(5-6-20-13)14(19)18-10-3-1-9(2-4-10)12-7-16-8-17-12/h1-8H,(H,16,17)(H,18,19). The van der Waals surface area contributed by atoms with Gasteiger partial charge in [0.05, 0.1) is 30.0 Å². The Bertz CT molecular complexity index is 717. The topological polar surface area (TPSA) is 70.9 Å². The van der Waals surface area contributed by atoms with E-state index in [1.807, 2.05) is 24.3 Å². The van der Waals surface area contributed by atoms with Crippen molar-refractivity contribution in [2.75, 3.05) is 5.32 Å². The number of aromatic amines is 1. The molecular weight excluding hydrogens is 322 g/mol. The van der Waals surface area contributed by atoms with Crippen LogP contribution in [0.2, 0.25) is 0 Å². The lowest BCUT2D eigenvalue weighted by molar-refractivity contribution is 0.102. The van der Waals surface area contributed by atoms with E-state index in [4.69, 9.17) is 4.42 Å². The van der Waals surface area contributed by atoms with Gasteiger partial charge in [0.15, 0.2) is 4.67 Å². The number of hydrogen-bond donors (Lipinski definition) is 2. The molecule has 3 rings (SSSR count). The van der Waals surface area contributed by atoms with Gasteiger partial charge < -0.3 is 14.7 Å². The summed E-state index contributed by atoms with van der Waals surface area (Å²) in [7, 11) is 0. The number of nitrogens with one attached hydrogen (secondary N) is 2. The van der Waals surface area contributed by atoms with Crippen LogP contribution in [-0.4, -0.2) is 15.9 Å². The second-order valence-corrected chi connectivity index (χ2v) is 4.82. The molecule has 0 aliphatic carbocycles. The fourth-order valence-corrected chi connectivity index (χ4v) is 2.22. The number of anilines is 1. The van der Waals surface area contributed by atoms with Gasteiger partial charge in [-0.25, -0.2) is 4.98 Å². The summed E-state index contributed by atoms with van der Waals surface area (Å²) in [5, 5.41) is 2.80. The molecule has 1 amide bonds. The lowest BCUT2D eigenvalue weighted by Gasteiger charge is -2.05. The van der Waals surface area contributed by atoms with Gasteiger partial charge in [0.25, 0.3) is 5.91 Å². The monoisotopic (exact) mass is 331 g/mol. The Morgan fingerprint density at radius 3 is 2.65 bits per heavy atom. The van der Waals surface area contributed by atoms with Crippen LogP contribution in [0.4, 0.5) is 5.69 Å². The molecule has 0 radical (unpaired) electrons. The lowest BCUT2D eigenvalue weighted by atomic mass is 10.1. The quantitative estimate of drug-likeness (QED) is 0.768. The molecule has 2 N–H and O–H groups in total. The second kappa shape index (κ2) is 5.34. The van der Waals surface area contributed by atoms with Gasteiger partial charge in [-0.3, -0.25) is 4.79 Å². The van der Waals surface area contributed by atoms with Crippen LogP contribution in [0.1, 0.15) is 10.4 Å². The maximum absolute atomic E-state index is 12.0. The summed E-state index contributed by atoms with van der Waals surface area (Å²) in [6.07, 6.45) is 4.83. The molecule has 6 heteroatoms. The van der Waals surface area contributed by atoms with Crippen molar-refractivity contribution in [1.29, 1.82) is 0 Å². The Labute approximate surface area is 123 Å². The first-order chi connectivity index (χ1) is 9.74. The molecule has 0 atom stereocenters. The van der Waals surface area contributed by atoms with E-state index in [1.165, 1.54) is 6.26 Å². The van der Waals surface area contributed by atoms with Gasteiger partial charge in [-0.05, 0) is 39.7 Å². The number of aromatic nitrogens is 2. The third kappa shape index (κ3) is 2.50. The highest BCUT2D eigenvalue weighted by Gasteiger charge is 2.12. The van der Waals surface area contributed by atoms with Gasteiger partial charge in [0.2, 0.25) is 0 Å². The third-order valence-corrected chi connectivity index (χ3v) is 3.43. The predicted molar refractivity (Wildman–Crippen MR) is 78.4 cm³/mol. The smallest absolute Gasteiger partial charge is 0.260 e. The average molecular weight is 332 g/mol. The Kier molecular flexibility index (Phi) is 3.39. The summed E-state index contributed by atoms with van der Waals surface area (Å²) in [5.41, 5.74) is 3.11. The summed E-state index contributed by atoms with van der Waals surface area (Å²) < 4.78 is 5.46. The largest absolute Gasteiger partial charge is 0.457 e. The van der Waals surface area contributed by atoms with Gasteiger partial charge in [-0.1, -0.05) is 12.1 Å². The predicted octanol–water partition coefficient (Wildman–Crippen LogP) is 3.68. The number of amides is 1. The first-order valence-corrected chi connectivity index (χ1v) is 6.66. The molecule has 0 fully saturated rings. The molecule has 3 aromatic rings. The number of hydrogen-bond acceptors (Lipinski definition) is 3. The molecule has 0 aliphatic heterocycles. The molecule has 0 unspecified atom stereocenters. The minimum absolute atomic E-state index is 0.222. The van der Waals surface area contributed by atoms with Crippen molar-refractivity contribution in [2.24, 2.45) is 0 Å². The van der Waals surface area contributed by atoms with Crippen molar-refractivity contribution in [3.63, 3.8) is 0 Å². The Balaban J connectivity index is 1.76. The lowest BCUT2D eigenvalue weighted by Crippen LogP contribution is -2.11. The molecular formula is C14H10BrN3O2. The van der Waals surface area contributed by atoms with Gasteiger partial charge in [-0.2, -0.15) is 0 Å². The van der Waals surface area contributed by atoms with Crippen LogP contribution in [0.3, 0.4) is 0 Å². The summed E-state index contributed by atoms with van der Waals surface area (Å²) >= 11 is 3.18. The SMILES string of the molecule is O=C(Nc1ccc(-c2cnc[nH]2)cc1)c1ccoc1Br. The van der Waals surface area contributed by atoms with E-state index in [1.54, 1.807) is 18.6 Å². The fraction of sp³-hybridized carbons (Fsp3) is 0. The number of nitrogens with zero attached hydrogens (tertiary/aromatic N) is 1. The van der Waals surface area contributed by atoms with Crippen LogP contribution in [-0.2, 0) is 0 Å². The van der Waals surface area contributed by atoms with E-state index in [0.29, 0.717) is 15.9 Å². The van der Waals surface area contributed by atoms with Crippen LogP contribution >= 0.6 is 15.9 Å². The van der Waals surface area contributed by atoms with Gasteiger partial charge in [-0.15, -0.1) is 0 Å². The van der Waals surface area contributed by atoms with Gasteiger partial charge >= 0.3 is 0 Å². The van der Waals surface area contributed by atoms with E-state index in [0.717, 1.165) is 11.3 Å². The minimum Gasteiger partial charge on any atom is -0.457 e. The number of H-pyrrole nitrogens is 1. The normalized spacial score (nSPS) is 10.4. The molecule has 0 spiro atoms. The molecule has 0 bridgehead atoms. The summed E-state index contributed by atoms with van der Waals surface area (Å²) in [5.74, 6) is -0.222. The van der Waals surface area contributed by atoms with Gasteiger partial charge in [0, 0.05) is 5.69 Å². The highest BCUT2D eigenvalue weighted by atomic mass is 79.9. The van der Waals surface area contributed by atoms with Crippen LogP contribution in [0.5, 0.6) is 0 Å². The number of carbonyl (C=O) groups is 1. The van der Waals surface area contributed by atoms with E-state index in [-0.39, 0.29) is 5.91 Å². The highest BCUT2D eigenvalue weighted by Crippen LogP contribution is 2.21. The molecule has 0 saturated carbocycles. The molecule has 2 aromatic heterocycles. The van der Waals surface area contributed by atoms with Crippen LogP contribution in [0, 0.1) is 0 Å². The average Bonchev–Trinajstić information content (AvgIpc) is 3.10. The van der Waals surface area contributed by atoms with Crippen LogP contribution in [0.25, 0.3) is 11.3 Å². The van der Waals surface area contributed by atoms with E-state index < -0.39 is 0 Å². The zero-order chi connectivity index (χ0) is 13.9. The highest BCUT2D eigenvalue weighted by molar-refractivity contribution is 9.10. The van der Waals surface area contributed by atoms with Gasteiger partial charge in [0.1, 0.15) is 0 Å². The number of halogens is 1. The number of benzene rings is 1. The zero-order valence-corrected chi connectivity index (χ0v) is 11.8. The van der Waals surface area contributed by atoms with Crippen LogP contribution in [0.15, 0.2) is 58.2 Å². The Morgan fingerprint density at radius 2 is 2.05 bits per heavy atom. The molecule has 2 heterocycles. The Hall–Kier alpha value is -2.34. The van der Waals surface area contributed by atoms with Crippen molar-refractivity contribution >= 4 is 27.5 Å². The van der Waals surface area contributed by atoms with E-state index in [9.17, 15) is 4.79 Å². The van der Waals surface area contributed by atoms with Crippen LogP contribution < -0.4 is 5.32 Å². The molecule has 5 nitrogen and oxygen atoms in total.